The largest absolute Gasteiger partial charge is 0.394 e. The van der Waals surface area contributed by atoms with Crippen LogP contribution >= 0.6 is 0 Å². The Kier molecular flexibility index (Phi) is 4.26. The Morgan fingerprint density at radius 1 is 1.12 bits per heavy atom. The monoisotopic (exact) mass is 225 g/mol. The van der Waals surface area contributed by atoms with Crippen molar-refractivity contribution >= 4 is 0 Å². The first-order chi connectivity index (χ1) is 7.78. The Morgan fingerprint density at radius 2 is 1.75 bits per heavy atom. The van der Waals surface area contributed by atoms with Gasteiger partial charge in [-0.3, -0.25) is 0 Å². The van der Waals surface area contributed by atoms with Gasteiger partial charge in [-0.05, 0) is 44.1 Å². The molecule has 2 rings (SSSR count). The Balaban J connectivity index is 1.62. The fourth-order valence-electron chi connectivity index (χ4n) is 3.04. The predicted molar refractivity (Wildman–Crippen MR) is 67.4 cm³/mol. The molecule has 0 unspecified atom stereocenters. The standard InChI is InChI=1S/C14H27NO/c1-2-3-12-4-6-13(7-5-12)10-15-14(11-16)8-9-14/h12-13,15-16H,2-11H2,1H3. The first kappa shape index (κ1) is 12.4. The van der Waals surface area contributed by atoms with Gasteiger partial charge in [-0.25, -0.2) is 0 Å². The molecule has 0 aromatic rings. The zero-order valence-electron chi connectivity index (χ0n) is 10.7. The van der Waals surface area contributed by atoms with E-state index in [-0.39, 0.29) is 5.54 Å². The molecule has 16 heavy (non-hydrogen) atoms. The molecule has 2 saturated carbocycles. The average Bonchev–Trinajstić information content (AvgIpc) is 3.09. The maximum absolute atomic E-state index is 9.24. The van der Waals surface area contributed by atoms with E-state index >= 15 is 0 Å². The lowest BCUT2D eigenvalue weighted by Crippen LogP contribution is -2.39. The molecule has 2 aliphatic rings. The Morgan fingerprint density at radius 3 is 2.25 bits per heavy atom. The van der Waals surface area contributed by atoms with Gasteiger partial charge in [0.05, 0.1) is 6.61 Å². The molecule has 2 aliphatic carbocycles. The summed E-state index contributed by atoms with van der Waals surface area (Å²) in [6, 6.07) is 0. The lowest BCUT2D eigenvalue weighted by atomic mass is 9.80. The third kappa shape index (κ3) is 3.21. The smallest absolute Gasteiger partial charge is 0.0613 e. The zero-order chi connectivity index (χ0) is 11.4. The van der Waals surface area contributed by atoms with Crippen LogP contribution in [0.3, 0.4) is 0 Å². The lowest BCUT2D eigenvalue weighted by molar-refractivity contribution is 0.206. The highest BCUT2D eigenvalue weighted by atomic mass is 16.3. The maximum Gasteiger partial charge on any atom is 0.0613 e. The minimum Gasteiger partial charge on any atom is -0.394 e. The SMILES string of the molecule is CCCC1CCC(CNC2(CO)CC2)CC1. The van der Waals surface area contributed by atoms with E-state index in [1.54, 1.807) is 0 Å². The third-order valence-corrected chi connectivity index (χ3v) is 4.59. The van der Waals surface area contributed by atoms with Gasteiger partial charge in [0.25, 0.3) is 0 Å². The Hall–Kier alpha value is -0.0800. The fourth-order valence-corrected chi connectivity index (χ4v) is 3.04. The second-order valence-electron chi connectivity index (χ2n) is 5.99. The Bertz CT molecular complexity index is 205. The van der Waals surface area contributed by atoms with Crippen LogP contribution in [0.1, 0.15) is 58.3 Å². The van der Waals surface area contributed by atoms with E-state index < -0.39 is 0 Å². The van der Waals surface area contributed by atoms with Gasteiger partial charge in [0.1, 0.15) is 0 Å². The summed E-state index contributed by atoms with van der Waals surface area (Å²) in [6.45, 7) is 3.77. The van der Waals surface area contributed by atoms with Crippen molar-refractivity contribution in [3.8, 4) is 0 Å². The van der Waals surface area contributed by atoms with E-state index in [4.69, 9.17) is 0 Å². The molecule has 0 bridgehead atoms. The van der Waals surface area contributed by atoms with Crippen LogP contribution in [0.2, 0.25) is 0 Å². The van der Waals surface area contributed by atoms with Crippen LogP contribution in [0.5, 0.6) is 0 Å². The number of aliphatic hydroxyl groups excluding tert-OH is 1. The summed E-state index contributed by atoms with van der Waals surface area (Å²) in [5.41, 5.74) is 0.139. The van der Waals surface area contributed by atoms with Gasteiger partial charge in [0.15, 0.2) is 0 Å². The Labute approximate surface area is 99.8 Å². The molecule has 2 fully saturated rings. The topological polar surface area (TPSA) is 32.3 Å². The normalized spacial score (nSPS) is 32.6. The highest BCUT2D eigenvalue weighted by Gasteiger charge is 2.41. The van der Waals surface area contributed by atoms with Crippen LogP contribution in [-0.4, -0.2) is 23.8 Å². The minimum atomic E-state index is 0.139. The molecule has 0 aromatic carbocycles. The summed E-state index contributed by atoms with van der Waals surface area (Å²) >= 11 is 0. The third-order valence-electron chi connectivity index (χ3n) is 4.59. The van der Waals surface area contributed by atoms with Crippen molar-refractivity contribution in [2.75, 3.05) is 13.2 Å². The number of nitrogens with one attached hydrogen (secondary N) is 1. The molecule has 0 amide bonds. The van der Waals surface area contributed by atoms with E-state index in [9.17, 15) is 5.11 Å². The van der Waals surface area contributed by atoms with Gasteiger partial charge in [0.2, 0.25) is 0 Å². The van der Waals surface area contributed by atoms with Gasteiger partial charge in [-0.2, -0.15) is 0 Å². The van der Waals surface area contributed by atoms with Crippen molar-refractivity contribution in [3.05, 3.63) is 0 Å². The number of rotatable bonds is 6. The average molecular weight is 225 g/mol. The summed E-state index contributed by atoms with van der Waals surface area (Å²) in [5, 5.41) is 12.8. The van der Waals surface area contributed by atoms with Crippen molar-refractivity contribution in [3.63, 3.8) is 0 Å². The summed E-state index contributed by atoms with van der Waals surface area (Å²) in [5.74, 6) is 1.88. The van der Waals surface area contributed by atoms with Gasteiger partial charge >= 0.3 is 0 Å². The molecule has 94 valence electrons. The predicted octanol–water partition coefficient (Wildman–Crippen LogP) is 2.71. The van der Waals surface area contributed by atoms with E-state index in [1.807, 2.05) is 0 Å². The van der Waals surface area contributed by atoms with Crippen LogP contribution in [0.25, 0.3) is 0 Å². The molecule has 0 spiro atoms. The van der Waals surface area contributed by atoms with Crippen LogP contribution in [0, 0.1) is 11.8 Å². The van der Waals surface area contributed by atoms with E-state index in [0.29, 0.717) is 6.61 Å². The van der Waals surface area contributed by atoms with Crippen molar-refractivity contribution in [2.24, 2.45) is 11.8 Å². The van der Waals surface area contributed by atoms with Crippen molar-refractivity contribution in [2.45, 2.75) is 63.8 Å². The van der Waals surface area contributed by atoms with Crippen LogP contribution < -0.4 is 5.32 Å². The fraction of sp³-hybridized carbons (Fsp3) is 1.00. The lowest BCUT2D eigenvalue weighted by Gasteiger charge is -2.29. The first-order valence-electron chi connectivity index (χ1n) is 7.14. The second kappa shape index (κ2) is 5.50. The van der Waals surface area contributed by atoms with Crippen molar-refractivity contribution in [1.29, 1.82) is 0 Å². The van der Waals surface area contributed by atoms with Gasteiger partial charge in [-0.1, -0.05) is 32.6 Å². The van der Waals surface area contributed by atoms with E-state index in [1.165, 1.54) is 51.4 Å². The van der Waals surface area contributed by atoms with Crippen LogP contribution in [0.4, 0.5) is 0 Å². The maximum atomic E-state index is 9.24. The van der Waals surface area contributed by atoms with E-state index in [2.05, 4.69) is 12.2 Å². The molecule has 0 aliphatic heterocycles. The second-order valence-corrected chi connectivity index (χ2v) is 5.99. The summed E-state index contributed by atoms with van der Waals surface area (Å²) in [7, 11) is 0. The van der Waals surface area contributed by atoms with Crippen LogP contribution in [0.15, 0.2) is 0 Å². The molecule has 0 atom stereocenters. The number of aliphatic hydroxyl groups is 1. The van der Waals surface area contributed by atoms with Crippen molar-refractivity contribution in [1.82, 2.24) is 5.32 Å². The molecular weight excluding hydrogens is 198 g/mol. The van der Waals surface area contributed by atoms with Gasteiger partial charge in [0, 0.05) is 5.54 Å². The van der Waals surface area contributed by atoms with Crippen LogP contribution in [-0.2, 0) is 0 Å². The van der Waals surface area contributed by atoms with E-state index in [0.717, 1.165) is 18.4 Å². The first-order valence-corrected chi connectivity index (χ1v) is 7.14. The molecule has 2 nitrogen and oxygen atoms in total. The number of hydrogen-bond donors (Lipinski definition) is 2. The van der Waals surface area contributed by atoms with Crippen molar-refractivity contribution < 1.29 is 5.11 Å². The zero-order valence-corrected chi connectivity index (χ0v) is 10.7. The minimum absolute atomic E-state index is 0.139. The quantitative estimate of drug-likeness (QED) is 0.728. The summed E-state index contributed by atoms with van der Waals surface area (Å²) in [6.07, 6.45) is 10.8. The molecule has 0 aromatic heterocycles. The molecule has 0 heterocycles. The highest BCUT2D eigenvalue weighted by Crippen LogP contribution is 2.36. The number of hydrogen-bond acceptors (Lipinski definition) is 2. The highest BCUT2D eigenvalue weighted by molar-refractivity contribution is 5.01. The molecule has 0 radical (unpaired) electrons. The summed E-state index contributed by atoms with van der Waals surface area (Å²) in [4.78, 5) is 0. The molecule has 0 saturated heterocycles. The molecular formula is C14H27NO. The summed E-state index contributed by atoms with van der Waals surface area (Å²) < 4.78 is 0. The van der Waals surface area contributed by atoms with Gasteiger partial charge in [-0.15, -0.1) is 0 Å². The van der Waals surface area contributed by atoms with Gasteiger partial charge < -0.3 is 10.4 Å². The molecule has 2 N–H and O–H groups in total. The molecule has 2 heteroatoms.